The first-order valence-electron chi connectivity index (χ1n) is 4.13. The molecule has 0 aromatic heterocycles. The Kier molecular flexibility index (Phi) is 3.73. The lowest BCUT2D eigenvalue weighted by molar-refractivity contribution is -0.115. The van der Waals surface area contributed by atoms with Crippen molar-refractivity contribution in [3.63, 3.8) is 0 Å². The number of hydrogen-bond donors (Lipinski definition) is 1. The quantitative estimate of drug-likeness (QED) is 0.805. The molecule has 0 saturated carbocycles. The summed E-state index contributed by atoms with van der Waals surface area (Å²) in [6.45, 7) is 1.96. The second kappa shape index (κ2) is 4.83. The summed E-state index contributed by atoms with van der Waals surface area (Å²) >= 11 is 3.38. The van der Waals surface area contributed by atoms with Crippen LogP contribution in [0.4, 0.5) is 5.69 Å². The van der Waals surface area contributed by atoms with Crippen molar-refractivity contribution in [2.24, 2.45) is 0 Å². The topological polar surface area (TPSA) is 29.1 Å². The average Bonchev–Trinajstić information content (AvgIpc) is 2.12. The number of hydrogen-bond acceptors (Lipinski definition) is 1. The lowest BCUT2D eigenvalue weighted by atomic mass is 10.2. The van der Waals surface area contributed by atoms with Gasteiger partial charge in [0.05, 0.1) is 6.42 Å². The van der Waals surface area contributed by atoms with Gasteiger partial charge in [-0.25, -0.2) is 0 Å². The van der Waals surface area contributed by atoms with Gasteiger partial charge in [0.15, 0.2) is 0 Å². The van der Waals surface area contributed by atoms with Crippen LogP contribution in [0.2, 0.25) is 0 Å². The maximum absolute atomic E-state index is 11.1. The fourth-order valence-electron chi connectivity index (χ4n) is 1.02. The van der Waals surface area contributed by atoms with Gasteiger partial charge in [-0.05, 0) is 30.7 Å². The zero-order valence-electron chi connectivity index (χ0n) is 7.80. The summed E-state index contributed by atoms with van der Waals surface area (Å²) in [7, 11) is 0. The lowest BCUT2D eigenvalue weighted by Gasteiger charge is -2.05. The van der Waals surface area contributed by atoms with Gasteiger partial charge in [-0.1, -0.05) is 21.9 Å². The van der Waals surface area contributed by atoms with E-state index in [0.717, 1.165) is 15.7 Å². The molecule has 0 unspecified atom stereocenters. The molecule has 1 aromatic rings. The Labute approximate surface area is 91.8 Å². The van der Waals surface area contributed by atoms with Crippen molar-refractivity contribution < 1.29 is 4.79 Å². The first-order chi connectivity index (χ1) is 6.63. The molecule has 0 bridgehead atoms. The van der Waals surface area contributed by atoms with E-state index in [1.165, 1.54) is 0 Å². The zero-order valence-corrected chi connectivity index (χ0v) is 9.39. The number of amides is 1. The number of anilines is 1. The number of benzene rings is 1. The third-order valence-corrected chi connectivity index (χ3v) is 2.59. The summed E-state index contributed by atoms with van der Waals surface area (Å²) in [5.74, 6) is 2.13. The minimum absolute atomic E-state index is 0.106. The van der Waals surface area contributed by atoms with Crippen LogP contribution in [0.3, 0.4) is 0 Å². The maximum Gasteiger partial charge on any atom is 0.236 e. The van der Waals surface area contributed by atoms with Crippen LogP contribution in [0, 0.1) is 19.3 Å². The summed E-state index contributed by atoms with van der Waals surface area (Å²) in [6.07, 6.45) is 5.13. The van der Waals surface area contributed by atoms with Crippen molar-refractivity contribution in [3.05, 3.63) is 28.2 Å². The van der Waals surface area contributed by atoms with E-state index >= 15 is 0 Å². The van der Waals surface area contributed by atoms with Gasteiger partial charge in [-0.15, -0.1) is 6.42 Å². The van der Waals surface area contributed by atoms with Gasteiger partial charge in [0.2, 0.25) is 5.91 Å². The van der Waals surface area contributed by atoms with Gasteiger partial charge in [0, 0.05) is 10.2 Å². The highest BCUT2D eigenvalue weighted by Gasteiger charge is 2.01. The predicted octanol–water partition coefficient (Wildman–Crippen LogP) is 2.72. The number of aryl methyl sites for hydroxylation is 1. The fourth-order valence-corrected chi connectivity index (χ4v) is 1.27. The molecular formula is C11H10BrNO. The zero-order chi connectivity index (χ0) is 10.6. The van der Waals surface area contributed by atoms with E-state index < -0.39 is 0 Å². The summed E-state index contributed by atoms with van der Waals surface area (Å²) < 4.78 is 1.02. The number of carbonyl (C=O) groups is 1. The first-order valence-corrected chi connectivity index (χ1v) is 4.92. The molecule has 1 aromatic carbocycles. The largest absolute Gasteiger partial charge is 0.325 e. The Morgan fingerprint density at radius 1 is 1.64 bits per heavy atom. The van der Waals surface area contributed by atoms with E-state index in [9.17, 15) is 4.79 Å². The smallest absolute Gasteiger partial charge is 0.236 e. The minimum Gasteiger partial charge on any atom is -0.325 e. The number of nitrogens with one attached hydrogen (secondary N) is 1. The highest BCUT2D eigenvalue weighted by molar-refractivity contribution is 9.10. The number of terminal acetylenes is 1. The summed E-state index contributed by atoms with van der Waals surface area (Å²) in [6, 6.07) is 5.60. The SMILES string of the molecule is C#CCC(=O)Nc1ccc(Br)c(C)c1. The number of halogens is 1. The molecule has 14 heavy (non-hydrogen) atoms. The van der Waals surface area contributed by atoms with Crippen molar-refractivity contribution in [2.45, 2.75) is 13.3 Å². The normalized spacial score (nSPS) is 9.21. The first kappa shape index (κ1) is 10.8. The van der Waals surface area contributed by atoms with Crippen LogP contribution in [0.15, 0.2) is 22.7 Å². The predicted molar refractivity (Wildman–Crippen MR) is 61.0 cm³/mol. The van der Waals surface area contributed by atoms with E-state index in [1.54, 1.807) is 0 Å². The van der Waals surface area contributed by atoms with E-state index in [-0.39, 0.29) is 12.3 Å². The molecule has 1 N–H and O–H groups in total. The van der Waals surface area contributed by atoms with E-state index in [0.29, 0.717) is 0 Å². The van der Waals surface area contributed by atoms with Gasteiger partial charge in [0.1, 0.15) is 0 Å². The Morgan fingerprint density at radius 2 is 2.36 bits per heavy atom. The molecular weight excluding hydrogens is 242 g/mol. The van der Waals surface area contributed by atoms with Gasteiger partial charge >= 0.3 is 0 Å². The molecule has 0 aliphatic heterocycles. The Balaban J connectivity index is 2.74. The molecule has 1 rings (SSSR count). The van der Waals surface area contributed by atoms with E-state index in [2.05, 4.69) is 27.2 Å². The van der Waals surface area contributed by atoms with Crippen molar-refractivity contribution in [2.75, 3.05) is 5.32 Å². The lowest BCUT2D eigenvalue weighted by Crippen LogP contribution is -2.10. The monoisotopic (exact) mass is 251 g/mol. The second-order valence-electron chi connectivity index (χ2n) is 2.89. The molecule has 0 aliphatic carbocycles. The minimum atomic E-state index is -0.158. The van der Waals surface area contributed by atoms with E-state index in [1.807, 2.05) is 25.1 Å². The Morgan fingerprint density at radius 3 is 2.93 bits per heavy atom. The van der Waals surface area contributed by atoms with Crippen LogP contribution >= 0.6 is 15.9 Å². The molecule has 0 heterocycles. The van der Waals surface area contributed by atoms with Crippen LogP contribution in [0.1, 0.15) is 12.0 Å². The Bertz CT molecular complexity index is 393. The van der Waals surface area contributed by atoms with Gasteiger partial charge < -0.3 is 5.32 Å². The van der Waals surface area contributed by atoms with E-state index in [4.69, 9.17) is 6.42 Å². The van der Waals surface area contributed by atoms with Crippen molar-refractivity contribution in [1.29, 1.82) is 0 Å². The third-order valence-electron chi connectivity index (χ3n) is 1.70. The van der Waals surface area contributed by atoms with Crippen LogP contribution in [0.5, 0.6) is 0 Å². The summed E-state index contributed by atoms with van der Waals surface area (Å²) in [5, 5.41) is 2.71. The fraction of sp³-hybridized carbons (Fsp3) is 0.182. The van der Waals surface area contributed by atoms with Crippen LogP contribution in [-0.2, 0) is 4.79 Å². The van der Waals surface area contributed by atoms with Gasteiger partial charge in [0.25, 0.3) is 0 Å². The molecule has 0 spiro atoms. The van der Waals surface area contributed by atoms with Crippen LogP contribution in [-0.4, -0.2) is 5.91 Å². The van der Waals surface area contributed by atoms with Crippen molar-refractivity contribution in [1.82, 2.24) is 0 Å². The molecule has 3 heteroatoms. The Hall–Kier alpha value is -1.27. The standard InChI is InChI=1S/C11H10BrNO/c1-3-4-11(14)13-9-5-6-10(12)8(2)7-9/h1,5-7H,4H2,2H3,(H,13,14). The number of carbonyl (C=O) groups excluding carboxylic acids is 1. The van der Waals surface area contributed by atoms with Crippen LogP contribution in [0.25, 0.3) is 0 Å². The molecule has 2 nitrogen and oxygen atoms in total. The second-order valence-corrected chi connectivity index (χ2v) is 3.75. The average molecular weight is 252 g/mol. The highest BCUT2D eigenvalue weighted by atomic mass is 79.9. The third kappa shape index (κ3) is 2.90. The summed E-state index contributed by atoms with van der Waals surface area (Å²) in [4.78, 5) is 11.1. The van der Waals surface area contributed by atoms with Crippen molar-refractivity contribution >= 4 is 27.5 Å². The number of rotatable bonds is 2. The molecule has 0 radical (unpaired) electrons. The molecule has 0 aliphatic rings. The van der Waals surface area contributed by atoms with Crippen molar-refractivity contribution in [3.8, 4) is 12.3 Å². The molecule has 0 saturated heterocycles. The maximum atomic E-state index is 11.1. The van der Waals surface area contributed by atoms with Gasteiger partial charge in [-0.3, -0.25) is 4.79 Å². The molecule has 0 fully saturated rings. The molecule has 72 valence electrons. The highest BCUT2D eigenvalue weighted by Crippen LogP contribution is 2.19. The van der Waals surface area contributed by atoms with Crippen LogP contribution < -0.4 is 5.32 Å². The molecule has 0 atom stereocenters. The molecule has 1 amide bonds. The van der Waals surface area contributed by atoms with Gasteiger partial charge in [-0.2, -0.15) is 0 Å². The summed E-state index contributed by atoms with van der Waals surface area (Å²) in [5.41, 5.74) is 1.84.